The van der Waals surface area contributed by atoms with Gasteiger partial charge in [0.25, 0.3) is 0 Å². The zero-order chi connectivity index (χ0) is 14.7. The molecule has 0 fully saturated rings. The van der Waals surface area contributed by atoms with Crippen LogP contribution in [0.2, 0.25) is 0 Å². The third-order valence-corrected chi connectivity index (χ3v) is 5.07. The lowest BCUT2D eigenvalue weighted by molar-refractivity contribution is 0.581. The summed E-state index contributed by atoms with van der Waals surface area (Å²) in [7, 11) is 1.91. The molecule has 0 aromatic heterocycles. The van der Waals surface area contributed by atoms with Crippen LogP contribution in [0.5, 0.6) is 0 Å². The van der Waals surface area contributed by atoms with Gasteiger partial charge in [-0.1, -0.05) is 53.9 Å². The number of hydrogen-bond acceptors (Lipinski definition) is 1. The molecule has 0 heterocycles. The Hall–Kier alpha value is -0.230. The highest BCUT2D eigenvalue weighted by atomic mass is 79.9. The van der Waals surface area contributed by atoms with E-state index in [-0.39, 0.29) is 11.9 Å². The lowest BCUT2D eigenvalue weighted by Crippen LogP contribution is -2.19. The van der Waals surface area contributed by atoms with Gasteiger partial charge >= 0.3 is 0 Å². The van der Waals surface area contributed by atoms with Crippen molar-refractivity contribution in [2.75, 3.05) is 7.05 Å². The van der Waals surface area contributed by atoms with E-state index in [0.29, 0.717) is 6.42 Å². The van der Waals surface area contributed by atoms with E-state index in [4.69, 9.17) is 0 Å². The Kier molecular flexibility index (Phi) is 5.78. The van der Waals surface area contributed by atoms with Gasteiger partial charge in [0.15, 0.2) is 0 Å². The highest BCUT2D eigenvalue weighted by molar-refractivity contribution is 9.11. The quantitative estimate of drug-likeness (QED) is 0.618. The van der Waals surface area contributed by atoms with Crippen LogP contribution in [0, 0.1) is 5.82 Å². The molecule has 0 saturated heterocycles. The third kappa shape index (κ3) is 3.91. The second-order valence-corrected chi connectivity index (χ2v) is 7.07. The van der Waals surface area contributed by atoms with Crippen molar-refractivity contribution in [3.8, 4) is 0 Å². The van der Waals surface area contributed by atoms with E-state index >= 15 is 0 Å². The second-order valence-electron chi connectivity index (χ2n) is 4.45. The average molecular weight is 466 g/mol. The third-order valence-electron chi connectivity index (χ3n) is 3.12. The maximum Gasteiger partial charge on any atom is 0.123 e. The molecule has 0 aliphatic carbocycles. The molecule has 1 nitrogen and oxygen atoms in total. The molecule has 2 rings (SSSR count). The van der Waals surface area contributed by atoms with Crippen molar-refractivity contribution in [2.24, 2.45) is 0 Å². The van der Waals surface area contributed by atoms with E-state index in [1.807, 2.05) is 19.2 Å². The van der Waals surface area contributed by atoms with Crippen molar-refractivity contribution in [1.82, 2.24) is 5.32 Å². The summed E-state index contributed by atoms with van der Waals surface area (Å²) >= 11 is 10.5. The van der Waals surface area contributed by atoms with Gasteiger partial charge in [-0.2, -0.15) is 0 Å². The fourth-order valence-electron chi connectivity index (χ4n) is 2.07. The van der Waals surface area contributed by atoms with Crippen molar-refractivity contribution in [2.45, 2.75) is 12.5 Å². The molecule has 0 saturated carbocycles. The summed E-state index contributed by atoms with van der Waals surface area (Å²) in [6.07, 6.45) is 0.703. The van der Waals surface area contributed by atoms with Crippen molar-refractivity contribution in [3.63, 3.8) is 0 Å². The fraction of sp³-hybridized carbons (Fsp3) is 0.200. The zero-order valence-electron chi connectivity index (χ0n) is 10.8. The molecule has 0 aliphatic rings. The molecule has 5 heteroatoms. The van der Waals surface area contributed by atoms with Crippen LogP contribution in [-0.4, -0.2) is 7.05 Å². The topological polar surface area (TPSA) is 12.0 Å². The molecule has 1 atom stereocenters. The standard InChI is InChI=1S/C15H13Br3FN/c1-20-15(12-4-2-10(16)8-14(12)18)7-9-6-11(19)3-5-13(9)17/h2-6,8,15,20H,7H2,1H3. The predicted octanol–water partition coefficient (Wildman–Crippen LogP) is 5.62. The fourth-order valence-corrected chi connectivity index (χ4v) is 3.80. The monoisotopic (exact) mass is 463 g/mol. The van der Waals surface area contributed by atoms with Gasteiger partial charge in [-0.05, 0) is 54.9 Å². The maximum absolute atomic E-state index is 13.4. The zero-order valence-corrected chi connectivity index (χ0v) is 15.5. The molecule has 0 amide bonds. The van der Waals surface area contributed by atoms with Gasteiger partial charge < -0.3 is 5.32 Å². The van der Waals surface area contributed by atoms with Gasteiger partial charge in [-0.15, -0.1) is 0 Å². The SMILES string of the molecule is CNC(Cc1cc(F)ccc1Br)c1ccc(Br)cc1Br. The maximum atomic E-state index is 13.4. The smallest absolute Gasteiger partial charge is 0.123 e. The highest BCUT2D eigenvalue weighted by Crippen LogP contribution is 2.30. The van der Waals surface area contributed by atoms with Crippen molar-refractivity contribution in [3.05, 3.63) is 66.8 Å². The predicted molar refractivity (Wildman–Crippen MR) is 91.4 cm³/mol. The van der Waals surface area contributed by atoms with Gasteiger partial charge in [0.2, 0.25) is 0 Å². The minimum Gasteiger partial charge on any atom is -0.313 e. The molecule has 20 heavy (non-hydrogen) atoms. The first-order valence-corrected chi connectivity index (χ1v) is 8.45. The first-order chi connectivity index (χ1) is 9.51. The number of rotatable bonds is 4. The van der Waals surface area contributed by atoms with Gasteiger partial charge in [0.05, 0.1) is 0 Å². The van der Waals surface area contributed by atoms with E-state index in [2.05, 4.69) is 59.2 Å². The van der Waals surface area contributed by atoms with Crippen LogP contribution in [0.15, 0.2) is 49.8 Å². The molecule has 106 valence electrons. The number of likely N-dealkylation sites (N-methyl/N-ethyl adjacent to an activating group) is 1. The van der Waals surface area contributed by atoms with Crippen LogP contribution in [-0.2, 0) is 6.42 Å². The molecule has 1 unspecified atom stereocenters. The normalized spacial score (nSPS) is 12.4. The van der Waals surface area contributed by atoms with Gasteiger partial charge in [-0.3, -0.25) is 0 Å². The minimum absolute atomic E-state index is 0.107. The number of hydrogen-bond donors (Lipinski definition) is 1. The van der Waals surface area contributed by atoms with Crippen molar-refractivity contribution >= 4 is 47.8 Å². The summed E-state index contributed by atoms with van der Waals surface area (Å²) in [4.78, 5) is 0. The van der Waals surface area contributed by atoms with Crippen LogP contribution in [0.4, 0.5) is 4.39 Å². The average Bonchev–Trinajstić information content (AvgIpc) is 2.40. The molecule has 2 aromatic rings. The second kappa shape index (κ2) is 7.16. The first-order valence-electron chi connectivity index (χ1n) is 6.07. The molecular formula is C15H13Br3FN. The minimum atomic E-state index is -0.215. The summed E-state index contributed by atoms with van der Waals surface area (Å²) in [6.45, 7) is 0. The Morgan fingerprint density at radius 1 is 1.05 bits per heavy atom. The highest BCUT2D eigenvalue weighted by Gasteiger charge is 2.15. The van der Waals surface area contributed by atoms with Crippen molar-refractivity contribution < 1.29 is 4.39 Å². The van der Waals surface area contributed by atoms with Crippen LogP contribution in [0.25, 0.3) is 0 Å². The van der Waals surface area contributed by atoms with E-state index in [1.165, 1.54) is 6.07 Å². The van der Waals surface area contributed by atoms with Crippen molar-refractivity contribution in [1.29, 1.82) is 0 Å². The molecule has 0 spiro atoms. The molecule has 0 bridgehead atoms. The number of nitrogens with one attached hydrogen (secondary N) is 1. The largest absolute Gasteiger partial charge is 0.313 e. The molecular weight excluding hydrogens is 453 g/mol. The summed E-state index contributed by atoms with van der Waals surface area (Å²) in [6, 6.07) is 11.0. The van der Waals surface area contributed by atoms with E-state index < -0.39 is 0 Å². The van der Waals surface area contributed by atoms with Gasteiger partial charge in [-0.25, -0.2) is 4.39 Å². The first kappa shape index (κ1) is 16.1. The lowest BCUT2D eigenvalue weighted by atomic mass is 9.99. The Morgan fingerprint density at radius 2 is 1.80 bits per heavy atom. The van der Waals surface area contributed by atoms with Crippen LogP contribution < -0.4 is 5.32 Å². The van der Waals surface area contributed by atoms with E-state index in [0.717, 1.165) is 24.5 Å². The Balaban J connectivity index is 2.31. The Morgan fingerprint density at radius 3 is 2.45 bits per heavy atom. The van der Waals surface area contributed by atoms with E-state index in [9.17, 15) is 4.39 Å². The molecule has 2 aromatic carbocycles. The summed E-state index contributed by atoms with van der Waals surface area (Å²) in [5.41, 5.74) is 2.09. The lowest BCUT2D eigenvalue weighted by Gasteiger charge is -2.19. The van der Waals surface area contributed by atoms with Crippen LogP contribution >= 0.6 is 47.8 Å². The number of halogens is 4. The molecule has 0 aliphatic heterocycles. The van der Waals surface area contributed by atoms with Gasteiger partial charge in [0.1, 0.15) is 5.82 Å². The summed E-state index contributed by atoms with van der Waals surface area (Å²) in [5.74, 6) is -0.215. The Bertz CT molecular complexity index is 616. The molecule has 1 N–H and O–H groups in total. The summed E-state index contributed by atoms with van der Waals surface area (Å²) < 4.78 is 16.4. The Labute approximate surface area is 143 Å². The van der Waals surface area contributed by atoms with Gasteiger partial charge in [0, 0.05) is 19.5 Å². The summed E-state index contributed by atoms with van der Waals surface area (Å²) in [5, 5.41) is 3.29. The molecule has 0 radical (unpaired) electrons. The van der Waals surface area contributed by atoms with E-state index in [1.54, 1.807) is 12.1 Å². The number of benzene rings is 2. The van der Waals surface area contributed by atoms with Crippen LogP contribution in [0.1, 0.15) is 17.2 Å². The van der Waals surface area contributed by atoms with Crippen LogP contribution in [0.3, 0.4) is 0 Å².